The zero-order chi connectivity index (χ0) is 8.43. The van der Waals surface area contributed by atoms with Crippen LogP contribution < -0.4 is 5.73 Å². The van der Waals surface area contributed by atoms with Crippen LogP contribution in [0.3, 0.4) is 0 Å². The van der Waals surface area contributed by atoms with E-state index in [2.05, 4.69) is 0 Å². The molecule has 0 radical (unpaired) electrons. The fourth-order valence-corrected chi connectivity index (χ4v) is 0.980. The lowest BCUT2D eigenvalue weighted by Crippen LogP contribution is -1.89. The van der Waals surface area contributed by atoms with Gasteiger partial charge in [-0.05, 0) is 24.6 Å². The third kappa shape index (κ3) is 1.84. The van der Waals surface area contributed by atoms with Gasteiger partial charge in [-0.25, -0.2) is 4.39 Å². The fourth-order valence-electron chi connectivity index (χ4n) is 0.791. The van der Waals surface area contributed by atoms with Crippen LogP contribution in [0.25, 0.3) is 0 Å². The van der Waals surface area contributed by atoms with E-state index in [1.54, 1.807) is 18.2 Å². The summed E-state index contributed by atoms with van der Waals surface area (Å²) in [6.07, 6.45) is -0.993. The van der Waals surface area contributed by atoms with Gasteiger partial charge in [0.15, 0.2) is 0 Å². The Labute approximate surface area is 70.0 Å². The highest BCUT2D eigenvalue weighted by molar-refractivity contribution is 6.33. The van der Waals surface area contributed by atoms with Gasteiger partial charge in [0.05, 0.1) is 10.7 Å². The predicted molar refractivity (Wildman–Crippen MR) is 45.4 cm³/mol. The van der Waals surface area contributed by atoms with Crippen LogP contribution in [0.15, 0.2) is 18.2 Å². The molecule has 11 heavy (non-hydrogen) atoms. The lowest BCUT2D eigenvalue weighted by molar-refractivity contribution is 0.374. The monoisotopic (exact) mass is 173 g/mol. The van der Waals surface area contributed by atoms with Crippen molar-refractivity contribution in [2.75, 3.05) is 5.73 Å². The Morgan fingerprint density at radius 1 is 1.55 bits per heavy atom. The minimum absolute atomic E-state index is 0.409. The van der Waals surface area contributed by atoms with E-state index in [1.807, 2.05) is 0 Å². The van der Waals surface area contributed by atoms with E-state index in [4.69, 9.17) is 17.3 Å². The summed E-state index contributed by atoms with van der Waals surface area (Å²) in [6, 6.07) is 4.78. The van der Waals surface area contributed by atoms with Crippen molar-refractivity contribution in [2.24, 2.45) is 0 Å². The summed E-state index contributed by atoms with van der Waals surface area (Å²) in [6.45, 7) is 1.46. The molecule has 1 atom stereocenters. The van der Waals surface area contributed by atoms with Crippen LogP contribution in [-0.4, -0.2) is 0 Å². The molecule has 0 saturated heterocycles. The summed E-state index contributed by atoms with van der Waals surface area (Å²) in [4.78, 5) is 0. The third-order valence-electron chi connectivity index (χ3n) is 1.48. The van der Waals surface area contributed by atoms with Crippen LogP contribution in [0.1, 0.15) is 18.7 Å². The van der Waals surface area contributed by atoms with E-state index in [0.717, 1.165) is 0 Å². The molecule has 0 bridgehead atoms. The number of hydrogen-bond donors (Lipinski definition) is 1. The Morgan fingerprint density at radius 3 is 2.64 bits per heavy atom. The second-order valence-electron chi connectivity index (χ2n) is 2.40. The van der Waals surface area contributed by atoms with Gasteiger partial charge in [0.25, 0.3) is 0 Å². The van der Waals surface area contributed by atoms with Gasteiger partial charge < -0.3 is 5.73 Å². The molecule has 0 saturated carbocycles. The van der Waals surface area contributed by atoms with Gasteiger partial charge in [-0.1, -0.05) is 17.7 Å². The highest BCUT2D eigenvalue weighted by atomic mass is 35.5. The Morgan fingerprint density at radius 2 is 2.18 bits per heavy atom. The number of rotatable bonds is 1. The summed E-state index contributed by atoms with van der Waals surface area (Å²) in [5, 5.41) is 0.409. The number of benzene rings is 1. The molecule has 2 N–H and O–H groups in total. The molecule has 0 amide bonds. The normalized spacial score (nSPS) is 13.0. The van der Waals surface area contributed by atoms with Gasteiger partial charge in [0.2, 0.25) is 0 Å². The number of alkyl halides is 1. The van der Waals surface area contributed by atoms with Gasteiger partial charge in [0, 0.05) is 0 Å². The summed E-state index contributed by atoms with van der Waals surface area (Å²) >= 11 is 5.67. The van der Waals surface area contributed by atoms with Crippen molar-refractivity contribution >= 4 is 17.3 Å². The highest BCUT2D eigenvalue weighted by Gasteiger charge is 2.03. The maximum absolute atomic E-state index is 12.6. The smallest absolute Gasteiger partial charge is 0.122 e. The number of anilines is 1. The van der Waals surface area contributed by atoms with Gasteiger partial charge in [-0.2, -0.15) is 0 Å². The van der Waals surface area contributed by atoms with E-state index in [0.29, 0.717) is 16.3 Å². The summed E-state index contributed by atoms with van der Waals surface area (Å²) < 4.78 is 12.6. The molecule has 1 nitrogen and oxygen atoms in total. The molecule has 0 aromatic heterocycles. The topological polar surface area (TPSA) is 26.0 Å². The SMILES string of the molecule is CC(F)c1ccc(N)c(Cl)c1. The highest BCUT2D eigenvalue weighted by Crippen LogP contribution is 2.24. The van der Waals surface area contributed by atoms with Crippen molar-refractivity contribution in [3.05, 3.63) is 28.8 Å². The molecule has 0 fully saturated rings. The first-order valence-corrected chi connectivity index (χ1v) is 3.68. The zero-order valence-electron chi connectivity index (χ0n) is 6.14. The van der Waals surface area contributed by atoms with Crippen molar-refractivity contribution in [1.29, 1.82) is 0 Å². The van der Waals surface area contributed by atoms with Crippen molar-refractivity contribution in [3.63, 3.8) is 0 Å². The Balaban J connectivity index is 3.05. The van der Waals surface area contributed by atoms with Gasteiger partial charge >= 0.3 is 0 Å². The van der Waals surface area contributed by atoms with Gasteiger partial charge in [0.1, 0.15) is 6.17 Å². The molecule has 0 heterocycles. The molecule has 1 aromatic carbocycles. The maximum Gasteiger partial charge on any atom is 0.122 e. The average molecular weight is 174 g/mol. The maximum atomic E-state index is 12.6. The van der Waals surface area contributed by atoms with E-state index in [-0.39, 0.29) is 0 Å². The second-order valence-corrected chi connectivity index (χ2v) is 2.80. The minimum atomic E-state index is -0.993. The lowest BCUT2D eigenvalue weighted by atomic mass is 10.1. The molecule has 60 valence electrons. The number of nitrogens with two attached hydrogens (primary N) is 1. The summed E-state index contributed by atoms with van der Waals surface area (Å²) in [5.74, 6) is 0. The first-order valence-electron chi connectivity index (χ1n) is 3.30. The molecule has 0 spiro atoms. The zero-order valence-corrected chi connectivity index (χ0v) is 6.90. The van der Waals surface area contributed by atoms with E-state index < -0.39 is 6.17 Å². The number of nitrogen functional groups attached to an aromatic ring is 1. The van der Waals surface area contributed by atoms with E-state index in [1.165, 1.54) is 6.92 Å². The Kier molecular flexibility index (Phi) is 2.35. The lowest BCUT2D eigenvalue weighted by Gasteiger charge is -2.03. The molecule has 0 aliphatic rings. The molecule has 3 heteroatoms. The third-order valence-corrected chi connectivity index (χ3v) is 1.81. The Bertz CT molecular complexity index is 260. The summed E-state index contributed by atoms with van der Waals surface area (Å²) in [5.41, 5.74) is 6.48. The molecule has 1 aromatic rings. The van der Waals surface area contributed by atoms with Crippen LogP contribution in [0.2, 0.25) is 5.02 Å². The fraction of sp³-hybridized carbons (Fsp3) is 0.250. The second kappa shape index (κ2) is 3.09. The molecule has 0 aliphatic carbocycles. The predicted octanol–water partition coefficient (Wildman–Crippen LogP) is 2.95. The van der Waals surface area contributed by atoms with Crippen LogP contribution in [0.5, 0.6) is 0 Å². The minimum Gasteiger partial charge on any atom is -0.398 e. The average Bonchev–Trinajstić information content (AvgIpc) is 1.94. The molecule has 1 rings (SSSR count). The first kappa shape index (κ1) is 8.34. The summed E-state index contributed by atoms with van der Waals surface area (Å²) in [7, 11) is 0. The molecule has 0 aliphatic heterocycles. The van der Waals surface area contributed by atoms with E-state index in [9.17, 15) is 4.39 Å². The molecular weight excluding hydrogens is 165 g/mol. The van der Waals surface area contributed by atoms with E-state index >= 15 is 0 Å². The number of halogens is 2. The van der Waals surface area contributed by atoms with Crippen LogP contribution >= 0.6 is 11.6 Å². The van der Waals surface area contributed by atoms with Crippen molar-refractivity contribution < 1.29 is 4.39 Å². The van der Waals surface area contributed by atoms with Crippen molar-refractivity contribution in [2.45, 2.75) is 13.1 Å². The van der Waals surface area contributed by atoms with Crippen molar-refractivity contribution in [1.82, 2.24) is 0 Å². The van der Waals surface area contributed by atoms with Crippen molar-refractivity contribution in [3.8, 4) is 0 Å². The largest absolute Gasteiger partial charge is 0.398 e. The number of hydrogen-bond acceptors (Lipinski definition) is 1. The Hall–Kier alpha value is -0.760. The van der Waals surface area contributed by atoms with Crippen LogP contribution in [-0.2, 0) is 0 Å². The quantitative estimate of drug-likeness (QED) is 0.650. The van der Waals surface area contributed by atoms with Crippen LogP contribution in [0.4, 0.5) is 10.1 Å². The first-order chi connectivity index (χ1) is 5.11. The molecular formula is C8H9ClFN. The standard InChI is InChI=1S/C8H9ClFN/c1-5(10)6-2-3-8(11)7(9)4-6/h2-5H,11H2,1H3. The van der Waals surface area contributed by atoms with Crippen LogP contribution in [0, 0.1) is 0 Å². The van der Waals surface area contributed by atoms with Gasteiger partial charge in [-0.3, -0.25) is 0 Å². The molecule has 1 unspecified atom stereocenters. The van der Waals surface area contributed by atoms with Gasteiger partial charge in [-0.15, -0.1) is 0 Å².